The Morgan fingerprint density at radius 2 is 2.00 bits per heavy atom. The van der Waals surface area contributed by atoms with Gasteiger partial charge in [-0.05, 0) is 31.1 Å². The first-order chi connectivity index (χ1) is 7.77. The molecule has 0 amide bonds. The summed E-state index contributed by atoms with van der Waals surface area (Å²) in [6.45, 7) is 0. The normalized spacial score (nSPS) is 25.7. The van der Waals surface area contributed by atoms with Crippen LogP contribution in [-0.2, 0) is 11.2 Å². The Morgan fingerprint density at radius 1 is 1.25 bits per heavy atom. The highest BCUT2D eigenvalue weighted by Crippen LogP contribution is 2.38. The molecule has 0 radical (unpaired) electrons. The molecule has 0 aromatic heterocycles. The number of hydrogen-bond donors (Lipinski definition) is 0. The Hall–Kier alpha value is -0.760. The van der Waals surface area contributed by atoms with Gasteiger partial charge in [-0.2, -0.15) is 11.8 Å². The first-order valence-electron chi connectivity index (χ1n) is 5.89. The van der Waals surface area contributed by atoms with Crippen LogP contribution in [-0.4, -0.2) is 16.8 Å². The Bertz CT molecular complexity index is 360. The van der Waals surface area contributed by atoms with Crippen LogP contribution >= 0.6 is 11.8 Å². The largest absolute Gasteiger partial charge is 0.298 e. The lowest BCUT2D eigenvalue weighted by Crippen LogP contribution is -2.39. The first kappa shape index (κ1) is 11.7. The summed E-state index contributed by atoms with van der Waals surface area (Å²) in [6, 6.07) is 10.4. The molecule has 1 fully saturated rings. The fraction of sp³-hybridized carbons (Fsp3) is 0.500. The molecule has 0 bridgehead atoms. The number of carbonyl (C=O) groups is 1. The second kappa shape index (κ2) is 5.05. The summed E-state index contributed by atoms with van der Waals surface area (Å²) >= 11 is 1.75. The molecule has 16 heavy (non-hydrogen) atoms. The van der Waals surface area contributed by atoms with E-state index in [9.17, 15) is 4.79 Å². The summed E-state index contributed by atoms with van der Waals surface area (Å²) in [5, 5.41) is 0. The van der Waals surface area contributed by atoms with Crippen molar-refractivity contribution in [1.82, 2.24) is 0 Å². The molecule has 1 aliphatic rings. The number of carbonyl (C=O) groups excluding carboxylic acids is 1. The lowest BCUT2D eigenvalue weighted by molar-refractivity contribution is -0.122. The molecule has 1 aliphatic carbocycles. The third-order valence-electron chi connectivity index (χ3n) is 3.47. The summed E-state index contributed by atoms with van der Waals surface area (Å²) in [5.41, 5.74) is 1.28. The van der Waals surface area contributed by atoms with Gasteiger partial charge in [0.2, 0.25) is 0 Å². The van der Waals surface area contributed by atoms with E-state index in [1.165, 1.54) is 12.0 Å². The minimum Gasteiger partial charge on any atom is -0.298 e. The van der Waals surface area contributed by atoms with Crippen molar-refractivity contribution in [3.8, 4) is 0 Å². The molecule has 0 heterocycles. The third kappa shape index (κ3) is 2.32. The fourth-order valence-corrected chi connectivity index (χ4v) is 3.45. The van der Waals surface area contributed by atoms with Gasteiger partial charge in [-0.15, -0.1) is 0 Å². The molecule has 1 aromatic carbocycles. The molecule has 1 saturated carbocycles. The van der Waals surface area contributed by atoms with Gasteiger partial charge < -0.3 is 0 Å². The molecule has 1 unspecified atom stereocenters. The van der Waals surface area contributed by atoms with Gasteiger partial charge in [0.15, 0.2) is 0 Å². The van der Waals surface area contributed by atoms with Gasteiger partial charge in [-0.1, -0.05) is 36.8 Å². The van der Waals surface area contributed by atoms with Crippen LogP contribution in [0.3, 0.4) is 0 Å². The van der Waals surface area contributed by atoms with Crippen LogP contribution in [0.4, 0.5) is 0 Å². The predicted molar refractivity (Wildman–Crippen MR) is 69.9 cm³/mol. The van der Waals surface area contributed by atoms with Crippen LogP contribution in [0.5, 0.6) is 0 Å². The smallest absolute Gasteiger partial charge is 0.149 e. The zero-order valence-electron chi connectivity index (χ0n) is 9.74. The van der Waals surface area contributed by atoms with E-state index in [1.54, 1.807) is 11.8 Å². The van der Waals surface area contributed by atoms with Crippen molar-refractivity contribution in [2.45, 2.75) is 36.9 Å². The maximum absolute atomic E-state index is 12.1. The highest BCUT2D eigenvalue weighted by Gasteiger charge is 2.38. The maximum atomic E-state index is 12.1. The van der Waals surface area contributed by atoms with E-state index >= 15 is 0 Å². The van der Waals surface area contributed by atoms with Gasteiger partial charge in [-0.25, -0.2) is 0 Å². The fourth-order valence-electron chi connectivity index (χ4n) is 2.46. The first-order valence-corrected chi connectivity index (χ1v) is 7.12. The molecule has 0 N–H and O–H groups in total. The molecular weight excluding hydrogens is 216 g/mol. The van der Waals surface area contributed by atoms with Crippen molar-refractivity contribution in [1.29, 1.82) is 0 Å². The summed E-state index contributed by atoms with van der Waals surface area (Å²) in [6.07, 6.45) is 7.06. The molecule has 2 rings (SSSR count). The van der Waals surface area contributed by atoms with E-state index in [2.05, 4.69) is 30.5 Å². The number of hydrogen-bond acceptors (Lipinski definition) is 2. The van der Waals surface area contributed by atoms with Gasteiger partial charge in [0.1, 0.15) is 5.78 Å². The van der Waals surface area contributed by atoms with E-state index in [1.807, 2.05) is 6.07 Å². The molecule has 86 valence electrons. The average molecular weight is 234 g/mol. The summed E-state index contributed by atoms with van der Waals surface area (Å²) < 4.78 is -0.139. The van der Waals surface area contributed by atoms with Crippen LogP contribution in [0.25, 0.3) is 0 Å². The Balaban J connectivity index is 2.18. The van der Waals surface area contributed by atoms with Crippen molar-refractivity contribution in [2.75, 3.05) is 6.26 Å². The summed E-state index contributed by atoms with van der Waals surface area (Å²) in [5.74, 6) is 0.454. The summed E-state index contributed by atoms with van der Waals surface area (Å²) in [7, 11) is 0. The number of ketones is 1. The monoisotopic (exact) mass is 234 g/mol. The van der Waals surface area contributed by atoms with Crippen molar-refractivity contribution < 1.29 is 4.79 Å². The topological polar surface area (TPSA) is 17.1 Å². The van der Waals surface area contributed by atoms with Crippen molar-refractivity contribution in [2.24, 2.45) is 0 Å². The van der Waals surface area contributed by atoms with Gasteiger partial charge in [0.05, 0.1) is 4.75 Å². The molecule has 1 nitrogen and oxygen atoms in total. The van der Waals surface area contributed by atoms with E-state index in [-0.39, 0.29) is 4.75 Å². The van der Waals surface area contributed by atoms with E-state index in [4.69, 9.17) is 0 Å². The lowest BCUT2D eigenvalue weighted by Gasteiger charge is -2.34. The third-order valence-corrected chi connectivity index (χ3v) is 4.82. The number of benzene rings is 1. The van der Waals surface area contributed by atoms with E-state index < -0.39 is 0 Å². The highest BCUT2D eigenvalue weighted by molar-refractivity contribution is 8.00. The summed E-state index contributed by atoms with van der Waals surface area (Å²) in [4.78, 5) is 12.1. The van der Waals surface area contributed by atoms with Crippen LogP contribution in [0, 0.1) is 0 Å². The average Bonchev–Trinajstić information content (AvgIpc) is 2.34. The standard InChI is InChI=1S/C14H18OS/c1-16-14(10-6-5-9-13(14)15)11-12-7-3-2-4-8-12/h2-4,7-8H,5-6,9-11H2,1H3. The van der Waals surface area contributed by atoms with Crippen molar-refractivity contribution >= 4 is 17.5 Å². The van der Waals surface area contributed by atoms with Gasteiger partial charge in [0.25, 0.3) is 0 Å². The molecule has 1 atom stereocenters. The van der Waals surface area contributed by atoms with E-state index in [0.717, 1.165) is 25.7 Å². The SMILES string of the molecule is CSC1(Cc2ccccc2)CCCCC1=O. The molecular formula is C14H18OS. The quantitative estimate of drug-likeness (QED) is 0.796. The highest BCUT2D eigenvalue weighted by atomic mass is 32.2. The molecule has 0 saturated heterocycles. The lowest BCUT2D eigenvalue weighted by atomic mass is 9.82. The van der Waals surface area contributed by atoms with Crippen LogP contribution < -0.4 is 0 Å². The molecule has 1 aromatic rings. The van der Waals surface area contributed by atoms with Crippen LogP contribution in [0.15, 0.2) is 30.3 Å². The second-order valence-electron chi connectivity index (χ2n) is 4.49. The number of thioether (sulfide) groups is 1. The predicted octanol–water partition coefficient (Wildman–Crippen LogP) is 3.47. The molecule has 0 aliphatic heterocycles. The number of Topliss-reactive ketones (excluding diaryl/α,β-unsaturated/α-hetero) is 1. The van der Waals surface area contributed by atoms with Gasteiger partial charge >= 0.3 is 0 Å². The maximum Gasteiger partial charge on any atom is 0.149 e. The minimum absolute atomic E-state index is 0.139. The Morgan fingerprint density at radius 3 is 2.62 bits per heavy atom. The zero-order chi connectivity index (χ0) is 11.4. The van der Waals surface area contributed by atoms with Crippen LogP contribution in [0.1, 0.15) is 31.2 Å². The van der Waals surface area contributed by atoms with E-state index in [0.29, 0.717) is 5.78 Å². The Kier molecular flexibility index (Phi) is 3.70. The van der Waals surface area contributed by atoms with Gasteiger partial charge in [0, 0.05) is 6.42 Å². The van der Waals surface area contributed by atoms with Crippen molar-refractivity contribution in [3.05, 3.63) is 35.9 Å². The van der Waals surface area contributed by atoms with Crippen molar-refractivity contribution in [3.63, 3.8) is 0 Å². The zero-order valence-corrected chi connectivity index (χ0v) is 10.6. The second-order valence-corrected chi connectivity index (χ2v) is 5.68. The molecule has 2 heteroatoms. The van der Waals surface area contributed by atoms with Crippen LogP contribution in [0.2, 0.25) is 0 Å². The Labute approximate surface area is 102 Å². The number of rotatable bonds is 3. The minimum atomic E-state index is -0.139. The van der Waals surface area contributed by atoms with Gasteiger partial charge in [-0.3, -0.25) is 4.79 Å². The molecule has 0 spiro atoms.